The smallest absolute Gasteiger partial charge is 0.0594 e. The summed E-state index contributed by atoms with van der Waals surface area (Å²) in [5.74, 6) is 4.36. The Hall–Kier alpha value is -0.120. The van der Waals surface area contributed by atoms with E-state index in [1.807, 2.05) is 0 Å². The van der Waals surface area contributed by atoms with Crippen molar-refractivity contribution in [1.82, 2.24) is 10.2 Å². The molecule has 3 aliphatic carbocycles. The molecule has 5 unspecified atom stereocenters. The van der Waals surface area contributed by atoms with Crippen molar-refractivity contribution in [3.05, 3.63) is 0 Å². The molecule has 5 atom stereocenters. The van der Waals surface area contributed by atoms with Gasteiger partial charge in [-0.15, -0.1) is 0 Å². The van der Waals surface area contributed by atoms with Gasteiger partial charge in [0.05, 0.1) is 13.2 Å². The predicted octanol–water partition coefficient (Wildman–Crippen LogP) is 2.12. The molecule has 2 bridgehead atoms. The van der Waals surface area contributed by atoms with Crippen LogP contribution in [0.1, 0.15) is 38.5 Å². The molecule has 0 aromatic heterocycles. The molecule has 4 rings (SSSR count). The molecule has 1 heterocycles. The first-order valence-corrected chi connectivity index (χ1v) is 8.95. The van der Waals surface area contributed by atoms with Crippen molar-refractivity contribution in [1.29, 1.82) is 0 Å². The lowest BCUT2D eigenvalue weighted by Crippen LogP contribution is -2.41. The van der Waals surface area contributed by atoms with Crippen molar-refractivity contribution in [2.45, 2.75) is 44.6 Å². The van der Waals surface area contributed by atoms with E-state index in [9.17, 15) is 0 Å². The van der Waals surface area contributed by atoms with E-state index in [1.54, 1.807) is 12.8 Å². The summed E-state index contributed by atoms with van der Waals surface area (Å²) in [6.07, 6.45) is 8.96. The largest absolute Gasteiger partial charge is 0.379 e. The van der Waals surface area contributed by atoms with Gasteiger partial charge in [-0.2, -0.15) is 0 Å². The average molecular weight is 278 g/mol. The van der Waals surface area contributed by atoms with E-state index < -0.39 is 0 Å². The fourth-order valence-corrected chi connectivity index (χ4v) is 5.72. The summed E-state index contributed by atoms with van der Waals surface area (Å²) >= 11 is 0. The third-order valence-electron chi connectivity index (χ3n) is 6.59. The SMILES string of the molecule is C1CC2C3CC(NCCCN4CCOCC4)C(C3)C2C1. The Morgan fingerprint density at radius 2 is 1.85 bits per heavy atom. The molecule has 1 saturated heterocycles. The van der Waals surface area contributed by atoms with Crippen molar-refractivity contribution >= 4 is 0 Å². The molecule has 20 heavy (non-hydrogen) atoms. The molecule has 0 amide bonds. The van der Waals surface area contributed by atoms with Crippen LogP contribution in [0.3, 0.4) is 0 Å². The summed E-state index contributed by atoms with van der Waals surface area (Å²) in [5.41, 5.74) is 0. The molecule has 0 aromatic carbocycles. The number of nitrogens with one attached hydrogen (secondary N) is 1. The lowest BCUT2D eigenvalue weighted by Gasteiger charge is -2.32. The third-order valence-corrected chi connectivity index (χ3v) is 6.59. The second-order valence-corrected chi connectivity index (χ2v) is 7.52. The zero-order valence-electron chi connectivity index (χ0n) is 12.7. The quantitative estimate of drug-likeness (QED) is 0.780. The first kappa shape index (κ1) is 13.5. The minimum Gasteiger partial charge on any atom is -0.379 e. The minimum atomic E-state index is 0.865. The fourth-order valence-electron chi connectivity index (χ4n) is 5.72. The molecule has 4 aliphatic rings. The van der Waals surface area contributed by atoms with Gasteiger partial charge in [0.15, 0.2) is 0 Å². The van der Waals surface area contributed by atoms with E-state index in [4.69, 9.17) is 4.74 Å². The molecule has 0 aromatic rings. The van der Waals surface area contributed by atoms with E-state index in [-0.39, 0.29) is 0 Å². The van der Waals surface area contributed by atoms with Gasteiger partial charge in [0.2, 0.25) is 0 Å². The van der Waals surface area contributed by atoms with Crippen LogP contribution in [0.25, 0.3) is 0 Å². The lowest BCUT2D eigenvalue weighted by atomic mass is 9.79. The molecule has 114 valence electrons. The lowest BCUT2D eigenvalue weighted by molar-refractivity contribution is 0.0372. The van der Waals surface area contributed by atoms with Gasteiger partial charge in [0.1, 0.15) is 0 Å². The van der Waals surface area contributed by atoms with Gasteiger partial charge < -0.3 is 10.1 Å². The van der Waals surface area contributed by atoms with Gasteiger partial charge >= 0.3 is 0 Å². The Balaban J connectivity index is 1.18. The van der Waals surface area contributed by atoms with E-state index in [2.05, 4.69) is 10.2 Å². The third kappa shape index (κ3) is 2.53. The topological polar surface area (TPSA) is 24.5 Å². The van der Waals surface area contributed by atoms with E-state index in [0.717, 1.165) is 56.0 Å². The fraction of sp³-hybridized carbons (Fsp3) is 1.00. The highest BCUT2D eigenvalue weighted by atomic mass is 16.5. The molecule has 1 N–H and O–H groups in total. The summed E-state index contributed by atoms with van der Waals surface area (Å²) in [6, 6.07) is 0.865. The molecule has 3 nitrogen and oxygen atoms in total. The number of morpholine rings is 1. The number of hydrogen-bond acceptors (Lipinski definition) is 3. The Kier molecular flexibility index (Phi) is 4.02. The van der Waals surface area contributed by atoms with Crippen molar-refractivity contribution in [2.75, 3.05) is 39.4 Å². The van der Waals surface area contributed by atoms with Gasteiger partial charge in [-0.1, -0.05) is 6.42 Å². The summed E-state index contributed by atoms with van der Waals surface area (Å²) in [7, 11) is 0. The van der Waals surface area contributed by atoms with Gasteiger partial charge in [0, 0.05) is 19.1 Å². The van der Waals surface area contributed by atoms with E-state index >= 15 is 0 Å². The van der Waals surface area contributed by atoms with Crippen molar-refractivity contribution in [3.63, 3.8) is 0 Å². The first-order valence-electron chi connectivity index (χ1n) is 8.95. The summed E-state index contributed by atoms with van der Waals surface area (Å²) in [5, 5.41) is 3.91. The van der Waals surface area contributed by atoms with Crippen LogP contribution in [0.15, 0.2) is 0 Å². The molecule has 3 heteroatoms. The maximum absolute atomic E-state index is 5.40. The Morgan fingerprint density at radius 3 is 2.75 bits per heavy atom. The van der Waals surface area contributed by atoms with Gasteiger partial charge in [-0.05, 0) is 68.9 Å². The monoisotopic (exact) mass is 278 g/mol. The zero-order chi connectivity index (χ0) is 13.4. The van der Waals surface area contributed by atoms with Crippen LogP contribution in [0, 0.1) is 23.7 Å². The molecule has 0 radical (unpaired) electrons. The summed E-state index contributed by atoms with van der Waals surface area (Å²) in [4.78, 5) is 2.55. The summed E-state index contributed by atoms with van der Waals surface area (Å²) in [6.45, 7) is 6.62. The van der Waals surface area contributed by atoms with Crippen LogP contribution < -0.4 is 5.32 Å². The van der Waals surface area contributed by atoms with Crippen LogP contribution >= 0.6 is 0 Å². The second kappa shape index (κ2) is 5.94. The average Bonchev–Trinajstić information content (AvgIpc) is 3.17. The number of hydrogen-bond donors (Lipinski definition) is 1. The van der Waals surface area contributed by atoms with Crippen molar-refractivity contribution < 1.29 is 4.74 Å². The van der Waals surface area contributed by atoms with Gasteiger partial charge in [0.25, 0.3) is 0 Å². The normalized spacial score (nSPS) is 44.1. The highest BCUT2D eigenvalue weighted by Gasteiger charge is 2.53. The highest BCUT2D eigenvalue weighted by molar-refractivity contribution is 5.05. The number of ether oxygens (including phenoxy) is 1. The first-order chi connectivity index (χ1) is 9.92. The maximum Gasteiger partial charge on any atom is 0.0594 e. The Labute approximate surface area is 123 Å². The standard InChI is InChI=1S/C17H30N2O/c1-3-14-13-11-16(15(14)4-1)17(12-13)18-5-2-6-19-7-9-20-10-8-19/h13-18H,1-12H2. The maximum atomic E-state index is 5.40. The Bertz CT molecular complexity index is 329. The number of nitrogens with zero attached hydrogens (tertiary/aromatic N) is 1. The van der Waals surface area contributed by atoms with Crippen molar-refractivity contribution in [3.8, 4) is 0 Å². The van der Waals surface area contributed by atoms with Crippen LogP contribution in [-0.4, -0.2) is 50.3 Å². The van der Waals surface area contributed by atoms with Crippen LogP contribution in [0.5, 0.6) is 0 Å². The molecular formula is C17H30N2O. The Morgan fingerprint density at radius 1 is 1.00 bits per heavy atom. The molecule has 3 saturated carbocycles. The molecule has 4 fully saturated rings. The second-order valence-electron chi connectivity index (χ2n) is 7.52. The van der Waals surface area contributed by atoms with Gasteiger partial charge in [-0.3, -0.25) is 4.90 Å². The van der Waals surface area contributed by atoms with E-state index in [0.29, 0.717) is 0 Å². The van der Waals surface area contributed by atoms with Crippen LogP contribution in [-0.2, 0) is 4.74 Å². The molecule has 0 spiro atoms. The summed E-state index contributed by atoms with van der Waals surface area (Å²) < 4.78 is 5.40. The van der Waals surface area contributed by atoms with Crippen LogP contribution in [0.2, 0.25) is 0 Å². The predicted molar refractivity (Wildman–Crippen MR) is 80.7 cm³/mol. The number of rotatable bonds is 5. The number of fused-ring (bicyclic) bond motifs is 5. The van der Waals surface area contributed by atoms with E-state index in [1.165, 1.54) is 38.8 Å². The molecule has 1 aliphatic heterocycles. The van der Waals surface area contributed by atoms with Crippen molar-refractivity contribution in [2.24, 2.45) is 23.7 Å². The minimum absolute atomic E-state index is 0.865. The zero-order valence-corrected chi connectivity index (χ0v) is 12.7. The van der Waals surface area contributed by atoms with Crippen LogP contribution in [0.4, 0.5) is 0 Å². The highest BCUT2D eigenvalue weighted by Crippen LogP contribution is 2.58. The molecular weight excluding hydrogens is 248 g/mol. The van der Waals surface area contributed by atoms with Gasteiger partial charge in [-0.25, -0.2) is 0 Å².